The first-order valence-corrected chi connectivity index (χ1v) is 9.49. The molecule has 0 aliphatic carbocycles. The van der Waals surface area contributed by atoms with Gasteiger partial charge in [0.25, 0.3) is 5.89 Å². The fourth-order valence-corrected chi connectivity index (χ4v) is 3.62. The van der Waals surface area contributed by atoms with Crippen LogP contribution in [0.1, 0.15) is 23.7 Å². The predicted molar refractivity (Wildman–Crippen MR) is 108 cm³/mol. The van der Waals surface area contributed by atoms with Crippen LogP contribution in [0.5, 0.6) is 0 Å². The van der Waals surface area contributed by atoms with Crippen LogP contribution in [0, 0.1) is 6.92 Å². The monoisotopic (exact) mass is 385 g/mol. The molecule has 1 N–H and O–H groups in total. The van der Waals surface area contributed by atoms with Crippen LogP contribution < -0.4 is 4.90 Å². The second kappa shape index (κ2) is 7.01. The Morgan fingerprint density at radius 2 is 1.97 bits per heavy atom. The van der Waals surface area contributed by atoms with Crippen molar-refractivity contribution in [2.24, 2.45) is 0 Å². The van der Waals surface area contributed by atoms with Crippen LogP contribution >= 0.6 is 0 Å². The van der Waals surface area contributed by atoms with E-state index in [1.54, 1.807) is 4.90 Å². The molecule has 1 fully saturated rings. The number of carbonyl (C=O) groups excluding carboxylic acids is 1. The minimum absolute atomic E-state index is 0.0693. The molecule has 0 saturated carbocycles. The molecule has 2 aromatic carbocycles. The zero-order chi connectivity index (χ0) is 19.8. The Labute approximate surface area is 167 Å². The van der Waals surface area contributed by atoms with E-state index in [2.05, 4.69) is 20.3 Å². The average Bonchev–Trinajstić information content (AvgIpc) is 3.48. The maximum atomic E-state index is 12.5. The number of aromatic amines is 1. The number of nitrogens with one attached hydrogen (secondary N) is 1. The Morgan fingerprint density at radius 3 is 2.79 bits per heavy atom. The molecule has 0 radical (unpaired) electrons. The van der Waals surface area contributed by atoms with Gasteiger partial charge in [-0.2, -0.15) is 10.1 Å². The highest BCUT2D eigenvalue weighted by Gasteiger charge is 2.34. The van der Waals surface area contributed by atoms with E-state index in [9.17, 15) is 4.79 Å². The lowest BCUT2D eigenvalue weighted by Crippen LogP contribution is -2.24. The quantitative estimate of drug-likeness (QED) is 0.575. The summed E-state index contributed by atoms with van der Waals surface area (Å²) < 4.78 is 5.45. The predicted octanol–water partition coefficient (Wildman–Crippen LogP) is 3.96. The molecular formula is C22H19N5O2. The Hall–Kier alpha value is -3.74. The van der Waals surface area contributed by atoms with Crippen LogP contribution in [0.3, 0.4) is 0 Å². The van der Waals surface area contributed by atoms with Gasteiger partial charge in [-0.3, -0.25) is 9.89 Å². The summed E-state index contributed by atoms with van der Waals surface area (Å²) in [4.78, 5) is 18.8. The molecule has 1 saturated heterocycles. The van der Waals surface area contributed by atoms with Crippen molar-refractivity contribution < 1.29 is 9.32 Å². The lowest BCUT2D eigenvalue weighted by molar-refractivity contribution is -0.117. The highest BCUT2D eigenvalue weighted by Crippen LogP contribution is 2.32. The molecular weight excluding hydrogens is 366 g/mol. The Bertz CT molecular complexity index is 1160. The van der Waals surface area contributed by atoms with E-state index < -0.39 is 0 Å². The molecule has 7 nitrogen and oxygen atoms in total. The second-order valence-corrected chi connectivity index (χ2v) is 7.24. The van der Waals surface area contributed by atoms with E-state index in [0.29, 0.717) is 30.4 Å². The number of hydrogen-bond donors (Lipinski definition) is 1. The van der Waals surface area contributed by atoms with Gasteiger partial charge in [0.1, 0.15) is 5.69 Å². The Kier molecular flexibility index (Phi) is 4.20. The fraction of sp³-hybridized carbons (Fsp3) is 0.182. The number of rotatable bonds is 4. The molecule has 7 heteroatoms. The molecule has 1 aliphatic heterocycles. The molecule has 1 amide bonds. The summed E-state index contributed by atoms with van der Waals surface area (Å²) in [6.07, 6.45) is 0.366. The highest BCUT2D eigenvalue weighted by molar-refractivity contribution is 5.96. The van der Waals surface area contributed by atoms with Crippen LogP contribution in [-0.2, 0) is 4.79 Å². The first-order chi connectivity index (χ1) is 14.2. The van der Waals surface area contributed by atoms with Crippen molar-refractivity contribution in [3.8, 4) is 22.8 Å². The van der Waals surface area contributed by atoms with E-state index in [1.165, 1.54) is 0 Å². The number of aryl methyl sites for hydroxylation is 1. The third-order valence-corrected chi connectivity index (χ3v) is 5.12. The van der Waals surface area contributed by atoms with Crippen molar-refractivity contribution in [1.29, 1.82) is 0 Å². The number of anilines is 1. The average molecular weight is 385 g/mol. The third-order valence-electron chi connectivity index (χ3n) is 5.12. The molecule has 144 valence electrons. The smallest absolute Gasteiger partial charge is 0.275 e. The summed E-state index contributed by atoms with van der Waals surface area (Å²) in [5.41, 5.74) is 4.49. The van der Waals surface area contributed by atoms with Gasteiger partial charge in [0.15, 0.2) is 5.82 Å². The number of carbonyl (C=O) groups is 1. The molecule has 4 aromatic rings. The van der Waals surface area contributed by atoms with Crippen LogP contribution in [-0.4, -0.2) is 32.8 Å². The number of nitrogens with zero attached hydrogens (tertiary/aromatic N) is 4. The van der Waals surface area contributed by atoms with Crippen molar-refractivity contribution in [3.63, 3.8) is 0 Å². The van der Waals surface area contributed by atoms with E-state index in [0.717, 1.165) is 22.5 Å². The van der Waals surface area contributed by atoms with Gasteiger partial charge < -0.3 is 9.42 Å². The maximum absolute atomic E-state index is 12.5. The minimum Gasteiger partial charge on any atom is -0.332 e. The number of benzene rings is 2. The van der Waals surface area contributed by atoms with Gasteiger partial charge in [-0.1, -0.05) is 47.6 Å². The van der Waals surface area contributed by atoms with E-state index in [-0.39, 0.29) is 11.8 Å². The normalized spacial score (nSPS) is 16.5. The van der Waals surface area contributed by atoms with E-state index in [4.69, 9.17) is 4.52 Å². The van der Waals surface area contributed by atoms with Crippen LogP contribution in [0.2, 0.25) is 0 Å². The zero-order valence-corrected chi connectivity index (χ0v) is 15.9. The standard InChI is InChI=1S/C22H19N5O2/c1-14-6-5-9-17(10-14)27-13-16(11-20(27)28)21-23-22(29-26-21)19-12-18(24-25-19)15-7-3-2-4-8-15/h2-10,12,16H,11,13H2,1H3,(H,24,25). The Morgan fingerprint density at radius 1 is 1.10 bits per heavy atom. The molecule has 1 atom stereocenters. The summed E-state index contributed by atoms with van der Waals surface area (Å²) >= 11 is 0. The van der Waals surface area contributed by atoms with Gasteiger partial charge in [0.2, 0.25) is 5.91 Å². The second-order valence-electron chi connectivity index (χ2n) is 7.24. The number of hydrogen-bond acceptors (Lipinski definition) is 5. The van der Waals surface area contributed by atoms with E-state index >= 15 is 0 Å². The highest BCUT2D eigenvalue weighted by atomic mass is 16.5. The van der Waals surface area contributed by atoms with Crippen molar-refractivity contribution in [2.45, 2.75) is 19.3 Å². The summed E-state index contributed by atoms with van der Waals surface area (Å²) in [5, 5.41) is 11.4. The summed E-state index contributed by atoms with van der Waals surface area (Å²) in [6.45, 7) is 2.56. The van der Waals surface area contributed by atoms with Crippen molar-refractivity contribution in [1.82, 2.24) is 20.3 Å². The first kappa shape index (κ1) is 17.4. The Balaban J connectivity index is 1.36. The van der Waals surface area contributed by atoms with Gasteiger partial charge in [0.05, 0.1) is 5.69 Å². The summed E-state index contributed by atoms with van der Waals surface area (Å²) in [5.74, 6) is 0.882. The SMILES string of the molecule is Cc1cccc(N2CC(c3noc(-c4cc(-c5ccccc5)n[nH]4)n3)CC2=O)c1. The van der Waals surface area contributed by atoms with Gasteiger partial charge in [-0.05, 0) is 30.7 Å². The van der Waals surface area contributed by atoms with Crippen molar-refractivity contribution >= 4 is 11.6 Å². The molecule has 5 rings (SSSR count). The number of amides is 1. The molecule has 2 aromatic heterocycles. The van der Waals surface area contributed by atoms with Gasteiger partial charge in [-0.25, -0.2) is 0 Å². The molecule has 1 unspecified atom stereocenters. The van der Waals surface area contributed by atoms with Crippen LogP contribution in [0.4, 0.5) is 5.69 Å². The van der Waals surface area contributed by atoms with Crippen molar-refractivity contribution in [2.75, 3.05) is 11.4 Å². The molecule has 1 aliphatic rings. The molecule has 0 spiro atoms. The largest absolute Gasteiger partial charge is 0.332 e. The molecule has 0 bridgehead atoms. The minimum atomic E-state index is -0.1000. The molecule has 3 heterocycles. The molecule has 29 heavy (non-hydrogen) atoms. The van der Waals surface area contributed by atoms with Crippen LogP contribution in [0.15, 0.2) is 65.2 Å². The van der Waals surface area contributed by atoms with Gasteiger partial charge in [-0.15, -0.1) is 0 Å². The topological polar surface area (TPSA) is 87.9 Å². The summed E-state index contributed by atoms with van der Waals surface area (Å²) in [7, 11) is 0. The number of aromatic nitrogens is 4. The lowest BCUT2D eigenvalue weighted by Gasteiger charge is -2.16. The first-order valence-electron chi connectivity index (χ1n) is 9.49. The third kappa shape index (κ3) is 3.31. The van der Waals surface area contributed by atoms with Gasteiger partial charge in [0, 0.05) is 30.1 Å². The van der Waals surface area contributed by atoms with E-state index in [1.807, 2.05) is 67.6 Å². The number of H-pyrrole nitrogens is 1. The maximum Gasteiger partial charge on any atom is 0.275 e. The van der Waals surface area contributed by atoms with Crippen molar-refractivity contribution in [3.05, 3.63) is 72.1 Å². The zero-order valence-electron chi connectivity index (χ0n) is 15.9. The fourth-order valence-electron chi connectivity index (χ4n) is 3.62. The van der Waals surface area contributed by atoms with Crippen LogP contribution in [0.25, 0.3) is 22.8 Å². The lowest BCUT2D eigenvalue weighted by atomic mass is 10.1. The van der Waals surface area contributed by atoms with Gasteiger partial charge >= 0.3 is 0 Å². The summed E-state index contributed by atoms with van der Waals surface area (Å²) in [6, 6.07) is 19.7.